The van der Waals surface area contributed by atoms with Crippen molar-refractivity contribution in [2.24, 2.45) is 0 Å². The van der Waals surface area contributed by atoms with E-state index in [0.717, 1.165) is 17.7 Å². The number of aryl methyl sites for hydroxylation is 1. The van der Waals surface area contributed by atoms with E-state index in [1.165, 1.54) is 18.7 Å². The van der Waals surface area contributed by atoms with Gasteiger partial charge in [0.25, 0.3) is 0 Å². The highest BCUT2D eigenvalue weighted by Crippen LogP contribution is 2.26. The van der Waals surface area contributed by atoms with E-state index in [0.29, 0.717) is 33.7 Å². The molecule has 0 amide bonds. The van der Waals surface area contributed by atoms with E-state index in [9.17, 15) is 4.79 Å². The van der Waals surface area contributed by atoms with Crippen LogP contribution in [-0.2, 0) is 12.2 Å². The van der Waals surface area contributed by atoms with Gasteiger partial charge in [-0.15, -0.1) is 0 Å². The van der Waals surface area contributed by atoms with Crippen LogP contribution in [0.15, 0.2) is 59.8 Å². The minimum atomic E-state index is 0.0148. The Morgan fingerprint density at radius 2 is 1.93 bits per heavy atom. The highest BCUT2D eigenvalue weighted by molar-refractivity contribution is 7.98. The molecule has 0 fully saturated rings. The molecular formula is C22H19N3O2S. The number of nitrogens with zero attached hydrogens (tertiary/aromatic N) is 3. The number of benzene rings is 2. The van der Waals surface area contributed by atoms with Crippen LogP contribution < -0.4 is 4.74 Å². The fourth-order valence-electron chi connectivity index (χ4n) is 2.50. The van der Waals surface area contributed by atoms with Gasteiger partial charge in [-0.1, -0.05) is 30.8 Å². The monoisotopic (exact) mass is 389 g/mol. The van der Waals surface area contributed by atoms with E-state index in [1.54, 1.807) is 30.3 Å². The van der Waals surface area contributed by atoms with Gasteiger partial charge in [-0.05, 0) is 55.3 Å². The van der Waals surface area contributed by atoms with Gasteiger partial charge in [0.2, 0.25) is 5.88 Å². The van der Waals surface area contributed by atoms with Gasteiger partial charge in [0.1, 0.15) is 5.75 Å². The molecule has 6 heteroatoms. The van der Waals surface area contributed by atoms with Crippen LogP contribution >= 0.6 is 11.8 Å². The van der Waals surface area contributed by atoms with Crippen LogP contribution in [0.25, 0.3) is 0 Å². The van der Waals surface area contributed by atoms with E-state index in [2.05, 4.69) is 16.0 Å². The Kier molecular flexibility index (Phi) is 6.41. The van der Waals surface area contributed by atoms with Gasteiger partial charge in [-0.25, -0.2) is 4.98 Å². The second-order valence-corrected chi connectivity index (χ2v) is 7.06. The third-order valence-corrected chi connectivity index (χ3v) is 4.92. The molecule has 28 heavy (non-hydrogen) atoms. The average molecular weight is 389 g/mol. The SMILES string of the molecule is CCc1cc(Oc2ccc(C(C)=O)cc2)nc(SCc2cccc(C#N)c2)n1. The number of ketones is 1. The van der Waals surface area contributed by atoms with Crippen molar-refractivity contribution in [2.45, 2.75) is 31.2 Å². The summed E-state index contributed by atoms with van der Waals surface area (Å²) in [6, 6.07) is 18.4. The van der Waals surface area contributed by atoms with Crippen molar-refractivity contribution >= 4 is 17.5 Å². The molecule has 0 N–H and O–H groups in total. The number of thioether (sulfide) groups is 1. The molecule has 0 saturated carbocycles. The molecule has 0 aliphatic carbocycles. The summed E-state index contributed by atoms with van der Waals surface area (Å²) < 4.78 is 5.87. The van der Waals surface area contributed by atoms with Crippen LogP contribution in [0.5, 0.6) is 11.6 Å². The summed E-state index contributed by atoms with van der Waals surface area (Å²) in [4.78, 5) is 20.4. The molecular weight excluding hydrogens is 370 g/mol. The van der Waals surface area contributed by atoms with E-state index >= 15 is 0 Å². The van der Waals surface area contributed by atoms with Crippen molar-refractivity contribution in [3.8, 4) is 17.7 Å². The predicted octanol–water partition coefficient (Wildman–Crippen LogP) is 5.20. The standard InChI is InChI=1S/C22H19N3O2S/c1-3-19-12-21(27-20-9-7-18(8-10-20)15(2)26)25-22(24-19)28-14-17-6-4-5-16(11-17)13-23/h4-12H,3,14H2,1-2H3. The Hall–Kier alpha value is -3.17. The molecule has 3 aromatic rings. The molecule has 1 heterocycles. The van der Waals surface area contributed by atoms with Crippen molar-refractivity contribution in [1.82, 2.24) is 9.97 Å². The van der Waals surface area contributed by atoms with Gasteiger partial charge in [-0.3, -0.25) is 4.79 Å². The summed E-state index contributed by atoms with van der Waals surface area (Å²) >= 11 is 1.50. The average Bonchev–Trinajstić information content (AvgIpc) is 2.72. The quantitative estimate of drug-likeness (QED) is 0.314. The molecule has 2 aromatic carbocycles. The number of hydrogen-bond acceptors (Lipinski definition) is 6. The number of carbonyl (C=O) groups excluding carboxylic acids is 1. The topological polar surface area (TPSA) is 75.9 Å². The summed E-state index contributed by atoms with van der Waals surface area (Å²) in [7, 11) is 0. The van der Waals surface area contributed by atoms with Crippen molar-refractivity contribution in [3.63, 3.8) is 0 Å². The lowest BCUT2D eigenvalue weighted by Gasteiger charge is -2.09. The van der Waals surface area contributed by atoms with Crippen molar-refractivity contribution in [1.29, 1.82) is 5.26 Å². The Balaban J connectivity index is 1.75. The number of hydrogen-bond donors (Lipinski definition) is 0. The number of nitriles is 1. The number of Topliss-reactive ketones (excluding diaryl/α,β-unsaturated/α-hetero) is 1. The molecule has 0 aliphatic heterocycles. The van der Waals surface area contributed by atoms with E-state index in [4.69, 9.17) is 10.00 Å². The third-order valence-electron chi connectivity index (χ3n) is 4.00. The van der Waals surface area contributed by atoms with E-state index in [1.807, 2.05) is 31.2 Å². The van der Waals surface area contributed by atoms with Gasteiger partial charge >= 0.3 is 0 Å². The Morgan fingerprint density at radius 1 is 1.14 bits per heavy atom. The highest BCUT2D eigenvalue weighted by atomic mass is 32.2. The highest BCUT2D eigenvalue weighted by Gasteiger charge is 2.08. The maximum atomic E-state index is 11.4. The van der Waals surface area contributed by atoms with Crippen LogP contribution in [0.3, 0.4) is 0 Å². The zero-order chi connectivity index (χ0) is 19.9. The van der Waals surface area contributed by atoms with Crippen molar-refractivity contribution in [3.05, 3.63) is 77.0 Å². The largest absolute Gasteiger partial charge is 0.439 e. The zero-order valence-electron chi connectivity index (χ0n) is 15.7. The Bertz CT molecular complexity index is 1030. The fourth-order valence-corrected chi connectivity index (χ4v) is 3.32. The van der Waals surface area contributed by atoms with Crippen molar-refractivity contribution in [2.75, 3.05) is 0 Å². The lowest BCUT2D eigenvalue weighted by Crippen LogP contribution is -1.98. The van der Waals surface area contributed by atoms with Gasteiger partial charge < -0.3 is 4.74 Å². The van der Waals surface area contributed by atoms with Gasteiger partial charge in [0, 0.05) is 23.1 Å². The summed E-state index contributed by atoms with van der Waals surface area (Å²) in [6.45, 7) is 3.56. The normalized spacial score (nSPS) is 10.3. The zero-order valence-corrected chi connectivity index (χ0v) is 16.5. The van der Waals surface area contributed by atoms with Crippen molar-refractivity contribution < 1.29 is 9.53 Å². The summed E-state index contributed by atoms with van der Waals surface area (Å²) in [5, 5.41) is 9.65. The third kappa shape index (κ3) is 5.18. The minimum Gasteiger partial charge on any atom is -0.439 e. The molecule has 3 rings (SSSR count). The number of aromatic nitrogens is 2. The van der Waals surface area contributed by atoms with Gasteiger partial charge in [0.05, 0.1) is 11.6 Å². The first kappa shape index (κ1) is 19.6. The van der Waals surface area contributed by atoms with Crippen LogP contribution in [0, 0.1) is 11.3 Å². The lowest BCUT2D eigenvalue weighted by atomic mass is 10.1. The van der Waals surface area contributed by atoms with Crippen LogP contribution in [0.2, 0.25) is 0 Å². The predicted molar refractivity (Wildman–Crippen MR) is 109 cm³/mol. The summed E-state index contributed by atoms with van der Waals surface area (Å²) in [5.74, 6) is 1.76. The van der Waals surface area contributed by atoms with Gasteiger partial charge in [-0.2, -0.15) is 10.2 Å². The van der Waals surface area contributed by atoms with Crippen LogP contribution in [0.4, 0.5) is 0 Å². The first-order valence-electron chi connectivity index (χ1n) is 8.86. The van der Waals surface area contributed by atoms with Crippen LogP contribution in [-0.4, -0.2) is 15.8 Å². The molecule has 140 valence electrons. The number of rotatable bonds is 7. The fraction of sp³-hybridized carbons (Fsp3) is 0.182. The second kappa shape index (κ2) is 9.16. The Labute approximate surface area is 168 Å². The molecule has 0 unspecified atom stereocenters. The summed E-state index contributed by atoms with van der Waals surface area (Å²) in [6.07, 6.45) is 0.764. The van der Waals surface area contributed by atoms with Crippen LogP contribution in [0.1, 0.15) is 41.0 Å². The smallest absolute Gasteiger partial charge is 0.223 e. The molecule has 0 bridgehead atoms. The first-order valence-corrected chi connectivity index (χ1v) is 9.84. The Morgan fingerprint density at radius 3 is 2.61 bits per heavy atom. The lowest BCUT2D eigenvalue weighted by molar-refractivity contribution is 0.101. The molecule has 1 aromatic heterocycles. The second-order valence-electron chi connectivity index (χ2n) is 6.12. The molecule has 0 aliphatic rings. The van der Waals surface area contributed by atoms with E-state index in [-0.39, 0.29) is 5.78 Å². The molecule has 0 radical (unpaired) electrons. The first-order chi connectivity index (χ1) is 13.6. The molecule has 5 nitrogen and oxygen atoms in total. The minimum absolute atomic E-state index is 0.0148. The van der Waals surface area contributed by atoms with Gasteiger partial charge in [0.15, 0.2) is 10.9 Å². The molecule has 0 saturated heterocycles. The van der Waals surface area contributed by atoms with E-state index < -0.39 is 0 Å². The maximum Gasteiger partial charge on any atom is 0.223 e. The molecule has 0 spiro atoms. The molecule has 0 atom stereocenters. The summed E-state index contributed by atoms with van der Waals surface area (Å²) in [5.41, 5.74) is 3.20. The maximum absolute atomic E-state index is 11.4. The number of carbonyl (C=O) groups is 1. The number of ether oxygens (including phenoxy) is 1.